The Kier molecular flexibility index (Phi) is 3.31. The Labute approximate surface area is 116 Å². The van der Waals surface area contributed by atoms with Gasteiger partial charge in [0.1, 0.15) is 11.7 Å². The topological polar surface area (TPSA) is 71.5 Å². The molecule has 0 bridgehead atoms. The van der Waals surface area contributed by atoms with Crippen LogP contribution in [0.1, 0.15) is 30.0 Å². The summed E-state index contributed by atoms with van der Waals surface area (Å²) < 4.78 is 7.26. The third kappa shape index (κ3) is 2.22. The average Bonchev–Trinajstić information content (AvgIpc) is 3.06. The molecule has 20 heavy (non-hydrogen) atoms. The number of hydrogen-bond donors (Lipinski definition) is 1. The zero-order chi connectivity index (χ0) is 14.1. The fraction of sp³-hybridized carbons (Fsp3) is 0.429. The highest BCUT2D eigenvalue weighted by molar-refractivity contribution is 5.76. The van der Waals surface area contributed by atoms with Crippen LogP contribution >= 0.6 is 0 Å². The van der Waals surface area contributed by atoms with Gasteiger partial charge in [0.15, 0.2) is 0 Å². The summed E-state index contributed by atoms with van der Waals surface area (Å²) in [6, 6.07) is 3.74. The Hall–Kier alpha value is -2.08. The second kappa shape index (κ2) is 5.13. The molecule has 2 aromatic heterocycles. The predicted molar refractivity (Wildman–Crippen MR) is 71.1 cm³/mol. The highest BCUT2D eigenvalue weighted by Crippen LogP contribution is 2.29. The Morgan fingerprint density at radius 2 is 2.45 bits per heavy atom. The van der Waals surface area contributed by atoms with Crippen LogP contribution in [0.3, 0.4) is 0 Å². The van der Waals surface area contributed by atoms with E-state index in [-0.39, 0.29) is 0 Å². The number of rotatable bonds is 4. The number of hydrogen-bond acceptors (Lipinski definition) is 4. The number of aryl methyl sites for hydroxylation is 1. The molecule has 3 rings (SSSR count). The molecule has 1 N–H and O–H groups in total. The van der Waals surface area contributed by atoms with Crippen molar-refractivity contribution in [1.29, 1.82) is 0 Å². The van der Waals surface area contributed by atoms with Gasteiger partial charge in [-0.1, -0.05) is 0 Å². The predicted octanol–water partition coefficient (Wildman–Crippen LogP) is 1.68. The molecule has 1 aliphatic heterocycles. The molecule has 0 aromatic carbocycles. The molecule has 0 fully saturated rings. The SMILES string of the molecule is CCn1cnc2c1C(C(=O)O)CN(Cc1ccco1)C2. The van der Waals surface area contributed by atoms with Gasteiger partial charge in [0.05, 0.1) is 30.5 Å². The average molecular weight is 275 g/mol. The first-order valence-electron chi connectivity index (χ1n) is 6.70. The molecule has 106 valence electrons. The van der Waals surface area contributed by atoms with Gasteiger partial charge >= 0.3 is 5.97 Å². The van der Waals surface area contributed by atoms with Gasteiger partial charge < -0.3 is 14.1 Å². The molecule has 0 saturated heterocycles. The molecule has 1 unspecified atom stereocenters. The van der Waals surface area contributed by atoms with E-state index >= 15 is 0 Å². The molecule has 1 aliphatic rings. The maximum absolute atomic E-state index is 11.5. The van der Waals surface area contributed by atoms with E-state index in [1.807, 2.05) is 23.6 Å². The van der Waals surface area contributed by atoms with Gasteiger partial charge in [0.25, 0.3) is 0 Å². The smallest absolute Gasteiger partial charge is 0.313 e. The van der Waals surface area contributed by atoms with Gasteiger partial charge in [-0.2, -0.15) is 0 Å². The molecule has 0 aliphatic carbocycles. The molecule has 6 heteroatoms. The second-order valence-electron chi connectivity index (χ2n) is 5.00. The van der Waals surface area contributed by atoms with Crippen LogP contribution in [-0.2, 0) is 24.4 Å². The Morgan fingerprint density at radius 3 is 3.10 bits per heavy atom. The molecule has 0 saturated carbocycles. The maximum Gasteiger partial charge on any atom is 0.313 e. The second-order valence-corrected chi connectivity index (χ2v) is 5.00. The summed E-state index contributed by atoms with van der Waals surface area (Å²) in [5.74, 6) is -0.491. The number of fused-ring (bicyclic) bond motifs is 1. The van der Waals surface area contributed by atoms with Crippen molar-refractivity contribution in [3.8, 4) is 0 Å². The zero-order valence-electron chi connectivity index (χ0n) is 11.3. The van der Waals surface area contributed by atoms with E-state index < -0.39 is 11.9 Å². The Balaban J connectivity index is 1.87. The van der Waals surface area contributed by atoms with Gasteiger partial charge in [-0.05, 0) is 19.1 Å². The van der Waals surface area contributed by atoms with Gasteiger partial charge in [-0.15, -0.1) is 0 Å². The van der Waals surface area contributed by atoms with Crippen LogP contribution in [0.2, 0.25) is 0 Å². The van der Waals surface area contributed by atoms with E-state index in [0.29, 0.717) is 19.6 Å². The van der Waals surface area contributed by atoms with E-state index in [1.54, 1.807) is 12.6 Å². The highest BCUT2D eigenvalue weighted by Gasteiger charge is 2.34. The largest absolute Gasteiger partial charge is 0.481 e. The van der Waals surface area contributed by atoms with Crippen molar-refractivity contribution < 1.29 is 14.3 Å². The number of furan rings is 1. The lowest BCUT2D eigenvalue weighted by atomic mass is 9.98. The number of imidazole rings is 1. The van der Waals surface area contributed by atoms with E-state index in [1.165, 1.54) is 0 Å². The summed E-state index contributed by atoms with van der Waals surface area (Å²) in [4.78, 5) is 18.0. The summed E-state index contributed by atoms with van der Waals surface area (Å²) in [6.45, 7) is 4.48. The summed E-state index contributed by atoms with van der Waals surface area (Å²) in [6.07, 6.45) is 3.36. The minimum atomic E-state index is -0.800. The lowest BCUT2D eigenvalue weighted by Crippen LogP contribution is -2.37. The van der Waals surface area contributed by atoms with Crippen LogP contribution in [0.4, 0.5) is 0 Å². The summed E-state index contributed by atoms with van der Waals surface area (Å²) in [7, 11) is 0. The van der Waals surface area contributed by atoms with Gasteiger partial charge in [-0.3, -0.25) is 9.69 Å². The third-order valence-electron chi connectivity index (χ3n) is 3.70. The van der Waals surface area contributed by atoms with Crippen molar-refractivity contribution in [2.45, 2.75) is 32.5 Å². The quantitative estimate of drug-likeness (QED) is 0.919. The van der Waals surface area contributed by atoms with Gasteiger partial charge in [-0.25, -0.2) is 4.98 Å². The van der Waals surface area contributed by atoms with E-state index in [2.05, 4.69) is 9.88 Å². The summed E-state index contributed by atoms with van der Waals surface area (Å²) >= 11 is 0. The van der Waals surface area contributed by atoms with Crippen LogP contribution in [0.15, 0.2) is 29.1 Å². The molecule has 6 nitrogen and oxygen atoms in total. The van der Waals surface area contributed by atoms with Crippen LogP contribution in [-0.4, -0.2) is 32.1 Å². The van der Waals surface area contributed by atoms with Crippen molar-refractivity contribution in [1.82, 2.24) is 14.5 Å². The first kappa shape index (κ1) is 12.9. The van der Waals surface area contributed by atoms with Crippen LogP contribution in [0, 0.1) is 0 Å². The van der Waals surface area contributed by atoms with Crippen LogP contribution in [0.5, 0.6) is 0 Å². The summed E-state index contributed by atoms with van der Waals surface area (Å²) in [5, 5.41) is 9.48. The lowest BCUT2D eigenvalue weighted by Gasteiger charge is -2.30. The highest BCUT2D eigenvalue weighted by atomic mass is 16.4. The number of carboxylic acids is 1. The van der Waals surface area contributed by atoms with E-state index in [0.717, 1.165) is 23.7 Å². The minimum Gasteiger partial charge on any atom is -0.481 e. The van der Waals surface area contributed by atoms with Crippen molar-refractivity contribution in [2.75, 3.05) is 6.54 Å². The monoisotopic (exact) mass is 275 g/mol. The molecular formula is C14H17N3O3. The fourth-order valence-electron chi connectivity index (χ4n) is 2.77. The van der Waals surface area contributed by atoms with Crippen molar-refractivity contribution in [2.24, 2.45) is 0 Å². The molecule has 1 atom stereocenters. The van der Waals surface area contributed by atoms with Crippen LogP contribution < -0.4 is 0 Å². The molecule has 0 spiro atoms. The minimum absolute atomic E-state index is 0.481. The molecule has 0 amide bonds. The number of carbonyl (C=O) groups is 1. The fourth-order valence-corrected chi connectivity index (χ4v) is 2.77. The number of carboxylic acid groups (broad SMARTS) is 1. The van der Waals surface area contributed by atoms with E-state index in [4.69, 9.17) is 4.42 Å². The Morgan fingerprint density at radius 1 is 1.60 bits per heavy atom. The number of aliphatic carboxylic acids is 1. The first-order chi connectivity index (χ1) is 9.69. The molecule has 3 heterocycles. The number of nitrogens with zero attached hydrogens (tertiary/aromatic N) is 3. The van der Waals surface area contributed by atoms with E-state index in [9.17, 15) is 9.90 Å². The maximum atomic E-state index is 11.5. The standard InChI is InChI=1S/C14H17N3O3/c1-2-17-9-15-12-8-16(6-10-4-3-5-20-10)7-11(13(12)17)14(18)19/h3-5,9,11H,2,6-8H2,1H3,(H,18,19). The van der Waals surface area contributed by atoms with Crippen molar-refractivity contribution in [3.05, 3.63) is 41.9 Å². The Bertz CT molecular complexity index is 603. The lowest BCUT2D eigenvalue weighted by molar-refractivity contribution is -0.139. The molecule has 0 radical (unpaired) electrons. The van der Waals surface area contributed by atoms with Gasteiger partial charge in [0.2, 0.25) is 0 Å². The normalized spacial score (nSPS) is 18.9. The van der Waals surface area contributed by atoms with Crippen molar-refractivity contribution in [3.63, 3.8) is 0 Å². The van der Waals surface area contributed by atoms with Gasteiger partial charge in [0, 0.05) is 19.6 Å². The van der Waals surface area contributed by atoms with Crippen molar-refractivity contribution >= 4 is 5.97 Å². The molecule has 2 aromatic rings. The van der Waals surface area contributed by atoms with Crippen LogP contribution in [0.25, 0.3) is 0 Å². The summed E-state index contributed by atoms with van der Waals surface area (Å²) in [5.41, 5.74) is 1.70. The third-order valence-corrected chi connectivity index (χ3v) is 3.70. The molecular weight excluding hydrogens is 258 g/mol. The zero-order valence-corrected chi connectivity index (χ0v) is 11.3. The first-order valence-corrected chi connectivity index (χ1v) is 6.70. The number of aromatic nitrogens is 2.